The van der Waals surface area contributed by atoms with Crippen LogP contribution in [0.5, 0.6) is 5.75 Å². The summed E-state index contributed by atoms with van der Waals surface area (Å²) in [5.74, 6) is 0.602. The van der Waals surface area contributed by atoms with Gasteiger partial charge in [-0.05, 0) is 54.5 Å². The Labute approximate surface area is 129 Å². The molecule has 0 unspecified atom stereocenters. The van der Waals surface area contributed by atoms with Gasteiger partial charge in [-0.15, -0.1) is 0 Å². The van der Waals surface area contributed by atoms with Crippen LogP contribution in [0.15, 0.2) is 48.5 Å². The van der Waals surface area contributed by atoms with Gasteiger partial charge in [-0.2, -0.15) is 0 Å². The summed E-state index contributed by atoms with van der Waals surface area (Å²) in [6.45, 7) is 1.90. The molecule has 1 amide bonds. The Hall–Kier alpha value is -2.26. The molecule has 0 aliphatic heterocycles. The number of carbonyl (C=O) groups excluding carboxylic acids is 1. The first-order valence-electron chi connectivity index (χ1n) is 6.48. The van der Waals surface area contributed by atoms with Crippen molar-refractivity contribution in [1.29, 1.82) is 0 Å². The summed E-state index contributed by atoms with van der Waals surface area (Å²) in [6.07, 6.45) is 3.25. The molecule has 0 spiro atoms. The van der Waals surface area contributed by atoms with Crippen LogP contribution in [0.25, 0.3) is 6.08 Å². The second-order valence-corrected chi connectivity index (χ2v) is 4.99. The third-order valence-corrected chi connectivity index (χ3v) is 3.22. The van der Waals surface area contributed by atoms with Crippen molar-refractivity contribution in [2.45, 2.75) is 6.92 Å². The molecule has 0 heterocycles. The van der Waals surface area contributed by atoms with Crippen molar-refractivity contribution in [2.75, 3.05) is 12.4 Å². The number of benzene rings is 2. The van der Waals surface area contributed by atoms with Crippen molar-refractivity contribution < 1.29 is 9.53 Å². The number of hydrogen-bond acceptors (Lipinski definition) is 2. The first-order chi connectivity index (χ1) is 10.1. The van der Waals surface area contributed by atoms with Crippen molar-refractivity contribution in [3.8, 4) is 5.75 Å². The molecule has 0 fully saturated rings. The lowest BCUT2D eigenvalue weighted by molar-refractivity contribution is -0.111. The fourth-order valence-electron chi connectivity index (χ4n) is 1.83. The van der Waals surface area contributed by atoms with E-state index in [4.69, 9.17) is 16.3 Å². The van der Waals surface area contributed by atoms with E-state index in [0.717, 1.165) is 22.6 Å². The molecule has 21 heavy (non-hydrogen) atoms. The van der Waals surface area contributed by atoms with Crippen LogP contribution in [-0.4, -0.2) is 13.0 Å². The van der Waals surface area contributed by atoms with E-state index in [9.17, 15) is 4.79 Å². The number of ether oxygens (including phenoxy) is 1. The van der Waals surface area contributed by atoms with E-state index in [1.54, 1.807) is 25.3 Å². The van der Waals surface area contributed by atoms with Crippen molar-refractivity contribution in [2.24, 2.45) is 0 Å². The quantitative estimate of drug-likeness (QED) is 0.855. The van der Waals surface area contributed by atoms with Crippen LogP contribution >= 0.6 is 11.6 Å². The highest BCUT2D eigenvalue weighted by Gasteiger charge is 2.02. The van der Waals surface area contributed by atoms with Gasteiger partial charge in [0, 0.05) is 16.8 Å². The van der Waals surface area contributed by atoms with Gasteiger partial charge in [0.1, 0.15) is 5.75 Å². The number of rotatable bonds is 4. The number of carbonyl (C=O) groups is 1. The summed E-state index contributed by atoms with van der Waals surface area (Å²) in [6, 6.07) is 12.8. The Morgan fingerprint density at radius 3 is 2.52 bits per heavy atom. The molecule has 0 saturated carbocycles. The Bertz CT molecular complexity index is 663. The van der Waals surface area contributed by atoms with Gasteiger partial charge in [-0.1, -0.05) is 23.7 Å². The fourth-order valence-corrected chi connectivity index (χ4v) is 2.06. The molecule has 0 radical (unpaired) electrons. The minimum absolute atomic E-state index is 0.184. The van der Waals surface area contributed by atoms with Gasteiger partial charge < -0.3 is 10.1 Å². The average molecular weight is 302 g/mol. The molecule has 0 aliphatic carbocycles. The molecule has 0 bridgehead atoms. The Morgan fingerprint density at radius 1 is 1.19 bits per heavy atom. The Morgan fingerprint density at radius 2 is 1.90 bits per heavy atom. The summed E-state index contributed by atoms with van der Waals surface area (Å²) < 4.78 is 5.08. The number of hydrogen-bond donors (Lipinski definition) is 1. The third-order valence-electron chi connectivity index (χ3n) is 2.99. The number of methoxy groups -OCH3 is 1. The van der Waals surface area contributed by atoms with Gasteiger partial charge in [0.25, 0.3) is 0 Å². The number of aryl methyl sites for hydroxylation is 1. The third kappa shape index (κ3) is 4.36. The SMILES string of the molecule is COc1ccc(/C=C/C(=O)Nc2ccc(Cl)cc2C)cc1. The topological polar surface area (TPSA) is 38.3 Å². The maximum absolute atomic E-state index is 11.9. The molecule has 0 aliphatic rings. The summed E-state index contributed by atoms with van der Waals surface area (Å²) >= 11 is 5.88. The normalized spacial score (nSPS) is 10.6. The van der Waals surface area contributed by atoms with Crippen molar-refractivity contribution in [1.82, 2.24) is 0 Å². The summed E-state index contributed by atoms with van der Waals surface area (Å²) in [5.41, 5.74) is 2.61. The molecule has 0 atom stereocenters. The van der Waals surface area contributed by atoms with Crippen LogP contribution in [0.4, 0.5) is 5.69 Å². The monoisotopic (exact) mass is 301 g/mol. The Kier molecular flexibility index (Phi) is 5.01. The molecule has 0 saturated heterocycles. The van der Waals surface area contributed by atoms with E-state index in [1.807, 2.05) is 37.3 Å². The van der Waals surface area contributed by atoms with Gasteiger partial charge in [0.05, 0.1) is 7.11 Å². The van der Waals surface area contributed by atoms with Crippen molar-refractivity contribution >= 4 is 29.3 Å². The second-order valence-electron chi connectivity index (χ2n) is 4.55. The molecule has 1 N–H and O–H groups in total. The lowest BCUT2D eigenvalue weighted by Gasteiger charge is -2.06. The Balaban J connectivity index is 2.01. The molecule has 0 aromatic heterocycles. The predicted octanol–water partition coefficient (Wildman–Crippen LogP) is 4.31. The molecule has 2 rings (SSSR count). The highest BCUT2D eigenvalue weighted by molar-refractivity contribution is 6.30. The van der Waals surface area contributed by atoms with E-state index in [0.29, 0.717) is 5.02 Å². The lowest BCUT2D eigenvalue weighted by Crippen LogP contribution is -2.08. The van der Waals surface area contributed by atoms with Gasteiger partial charge in [-0.3, -0.25) is 4.79 Å². The molecule has 2 aromatic rings. The summed E-state index contributed by atoms with van der Waals surface area (Å²) in [7, 11) is 1.62. The van der Waals surface area contributed by atoms with Crippen LogP contribution in [-0.2, 0) is 4.79 Å². The fraction of sp³-hybridized carbons (Fsp3) is 0.118. The largest absolute Gasteiger partial charge is 0.497 e. The van der Waals surface area contributed by atoms with Gasteiger partial charge in [0.2, 0.25) is 5.91 Å². The molecule has 4 heteroatoms. The summed E-state index contributed by atoms with van der Waals surface area (Å²) in [5, 5.41) is 3.47. The van der Waals surface area contributed by atoms with Gasteiger partial charge >= 0.3 is 0 Å². The van der Waals surface area contributed by atoms with E-state index in [-0.39, 0.29) is 5.91 Å². The first-order valence-corrected chi connectivity index (χ1v) is 6.85. The molecule has 3 nitrogen and oxygen atoms in total. The first kappa shape index (κ1) is 15.1. The molecular formula is C17H16ClNO2. The minimum Gasteiger partial charge on any atom is -0.497 e. The van der Waals surface area contributed by atoms with Crippen molar-refractivity contribution in [3.63, 3.8) is 0 Å². The highest BCUT2D eigenvalue weighted by Crippen LogP contribution is 2.19. The van der Waals surface area contributed by atoms with E-state index in [1.165, 1.54) is 6.08 Å². The predicted molar refractivity (Wildman–Crippen MR) is 86.8 cm³/mol. The number of halogens is 1. The molecule has 108 valence electrons. The van der Waals surface area contributed by atoms with E-state index in [2.05, 4.69) is 5.32 Å². The summed E-state index contributed by atoms with van der Waals surface area (Å²) in [4.78, 5) is 11.9. The van der Waals surface area contributed by atoms with Crippen molar-refractivity contribution in [3.05, 3.63) is 64.7 Å². The van der Waals surface area contributed by atoms with E-state index < -0.39 is 0 Å². The zero-order valence-electron chi connectivity index (χ0n) is 11.9. The highest BCUT2D eigenvalue weighted by atomic mass is 35.5. The van der Waals surface area contributed by atoms with Gasteiger partial charge in [0.15, 0.2) is 0 Å². The zero-order chi connectivity index (χ0) is 15.2. The maximum Gasteiger partial charge on any atom is 0.248 e. The average Bonchev–Trinajstić information content (AvgIpc) is 2.48. The number of amides is 1. The minimum atomic E-state index is -0.184. The van der Waals surface area contributed by atoms with Crippen LogP contribution in [0, 0.1) is 6.92 Å². The van der Waals surface area contributed by atoms with Gasteiger partial charge in [-0.25, -0.2) is 0 Å². The van der Waals surface area contributed by atoms with Crippen LogP contribution in [0.3, 0.4) is 0 Å². The zero-order valence-corrected chi connectivity index (χ0v) is 12.6. The van der Waals surface area contributed by atoms with Crippen LogP contribution in [0.2, 0.25) is 5.02 Å². The standard InChI is InChI=1S/C17H16ClNO2/c1-12-11-14(18)6-9-16(12)19-17(20)10-5-13-3-7-15(21-2)8-4-13/h3-11H,1-2H3,(H,19,20)/b10-5+. The molecule has 2 aromatic carbocycles. The number of nitrogens with one attached hydrogen (secondary N) is 1. The molecular weight excluding hydrogens is 286 g/mol. The number of anilines is 1. The van der Waals surface area contributed by atoms with Crippen LogP contribution < -0.4 is 10.1 Å². The maximum atomic E-state index is 11.9. The second kappa shape index (κ2) is 6.95. The van der Waals surface area contributed by atoms with Crippen LogP contribution in [0.1, 0.15) is 11.1 Å². The smallest absolute Gasteiger partial charge is 0.248 e. The van der Waals surface area contributed by atoms with E-state index >= 15 is 0 Å². The lowest BCUT2D eigenvalue weighted by atomic mass is 10.2.